The maximum atomic E-state index is 11.8. The van der Waals surface area contributed by atoms with Crippen molar-refractivity contribution in [1.29, 1.82) is 0 Å². The number of Topliss-reactive ketones (excluding diaryl/α,β-unsaturated/α-hetero) is 1. The zero-order valence-electron chi connectivity index (χ0n) is 11.5. The molecule has 21 heavy (non-hydrogen) atoms. The second-order valence-corrected chi connectivity index (χ2v) is 5.30. The standard InChI is InChI=1S/C15H13NO4S/c1-10(17)15-12(20-2)7-5-9-14(15)21-13-8-4-3-6-11(13)16(18)19/h3-9H,1-2H3. The summed E-state index contributed by atoms with van der Waals surface area (Å²) in [6.45, 7) is 1.45. The molecule has 0 unspecified atom stereocenters. The number of nitrogens with zero attached hydrogens (tertiary/aromatic N) is 1. The molecule has 0 aliphatic carbocycles. The van der Waals surface area contributed by atoms with E-state index in [-0.39, 0.29) is 11.5 Å². The zero-order chi connectivity index (χ0) is 15.4. The molecule has 2 aromatic carbocycles. The van der Waals surface area contributed by atoms with E-state index in [9.17, 15) is 14.9 Å². The first-order chi connectivity index (χ1) is 10.0. The molecule has 0 spiro atoms. The fourth-order valence-electron chi connectivity index (χ4n) is 1.93. The third-order valence-electron chi connectivity index (χ3n) is 2.84. The Morgan fingerprint density at radius 1 is 1.14 bits per heavy atom. The molecule has 0 heterocycles. The Bertz CT molecular complexity index is 700. The largest absolute Gasteiger partial charge is 0.496 e. The first-order valence-electron chi connectivity index (χ1n) is 6.13. The summed E-state index contributed by atoms with van der Waals surface area (Å²) in [7, 11) is 1.49. The summed E-state index contributed by atoms with van der Waals surface area (Å²) in [4.78, 5) is 23.6. The first-order valence-corrected chi connectivity index (χ1v) is 6.95. The summed E-state index contributed by atoms with van der Waals surface area (Å²) in [5.41, 5.74) is 0.447. The number of hydrogen-bond donors (Lipinski definition) is 0. The average molecular weight is 303 g/mol. The number of carbonyl (C=O) groups is 1. The minimum atomic E-state index is -0.435. The average Bonchev–Trinajstić information content (AvgIpc) is 2.47. The third kappa shape index (κ3) is 3.22. The van der Waals surface area contributed by atoms with Crippen LogP contribution in [-0.4, -0.2) is 17.8 Å². The summed E-state index contributed by atoms with van der Waals surface area (Å²) in [6.07, 6.45) is 0. The van der Waals surface area contributed by atoms with Crippen LogP contribution in [0.5, 0.6) is 5.75 Å². The Kier molecular flexibility index (Phi) is 4.59. The minimum absolute atomic E-state index is 0.0137. The highest BCUT2D eigenvalue weighted by molar-refractivity contribution is 7.99. The van der Waals surface area contributed by atoms with E-state index < -0.39 is 4.92 Å². The van der Waals surface area contributed by atoms with Crippen molar-refractivity contribution in [2.75, 3.05) is 7.11 Å². The van der Waals surface area contributed by atoms with Crippen molar-refractivity contribution in [3.8, 4) is 5.75 Å². The lowest BCUT2D eigenvalue weighted by molar-refractivity contribution is -0.387. The summed E-state index contributed by atoms with van der Waals surface area (Å²) < 4.78 is 5.19. The number of carbonyl (C=O) groups excluding carboxylic acids is 1. The van der Waals surface area contributed by atoms with E-state index in [1.165, 1.54) is 31.9 Å². The van der Waals surface area contributed by atoms with Gasteiger partial charge in [0.2, 0.25) is 0 Å². The van der Waals surface area contributed by atoms with Gasteiger partial charge in [-0.05, 0) is 25.1 Å². The lowest BCUT2D eigenvalue weighted by Crippen LogP contribution is -2.00. The van der Waals surface area contributed by atoms with Gasteiger partial charge in [-0.15, -0.1) is 0 Å². The molecule has 0 amide bonds. The van der Waals surface area contributed by atoms with Crippen molar-refractivity contribution >= 4 is 23.2 Å². The minimum Gasteiger partial charge on any atom is -0.496 e. The van der Waals surface area contributed by atoms with Crippen molar-refractivity contribution < 1.29 is 14.5 Å². The second-order valence-electron chi connectivity index (χ2n) is 4.22. The Labute approximate surface area is 126 Å². The number of ether oxygens (including phenoxy) is 1. The van der Waals surface area contributed by atoms with Crippen LogP contribution in [0.25, 0.3) is 0 Å². The van der Waals surface area contributed by atoms with E-state index in [2.05, 4.69) is 0 Å². The molecule has 0 aromatic heterocycles. The molecule has 0 fully saturated rings. The number of nitro benzene ring substituents is 1. The van der Waals surface area contributed by atoms with Gasteiger partial charge in [0.15, 0.2) is 5.78 Å². The molecular weight excluding hydrogens is 290 g/mol. The van der Waals surface area contributed by atoms with Crippen LogP contribution in [-0.2, 0) is 0 Å². The van der Waals surface area contributed by atoms with Gasteiger partial charge >= 0.3 is 0 Å². The predicted octanol–water partition coefficient (Wildman–Crippen LogP) is 3.96. The van der Waals surface area contributed by atoms with Crippen molar-refractivity contribution in [3.05, 3.63) is 58.1 Å². The van der Waals surface area contributed by atoms with Crippen molar-refractivity contribution in [2.24, 2.45) is 0 Å². The van der Waals surface area contributed by atoms with E-state index in [0.717, 1.165) is 0 Å². The van der Waals surface area contributed by atoms with E-state index in [1.54, 1.807) is 36.4 Å². The molecule has 108 valence electrons. The molecule has 0 radical (unpaired) electrons. The van der Waals surface area contributed by atoms with E-state index in [1.807, 2.05) is 0 Å². The Hall–Kier alpha value is -2.34. The van der Waals surface area contributed by atoms with Crippen LogP contribution in [0.15, 0.2) is 52.3 Å². The fraction of sp³-hybridized carbons (Fsp3) is 0.133. The number of para-hydroxylation sites is 1. The smallest absolute Gasteiger partial charge is 0.283 e. The van der Waals surface area contributed by atoms with E-state index in [4.69, 9.17) is 4.74 Å². The topological polar surface area (TPSA) is 69.4 Å². The van der Waals surface area contributed by atoms with Crippen LogP contribution in [0.2, 0.25) is 0 Å². The van der Waals surface area contributed by atoms with Crippen LogP contribution in [0.3, 0.4) is 0 Å². The molecule has 0 saturated carbocycles. The van der Waals surface area contributed by atoms with E-state index in [0.29, 0.717) is 21.1 Å². The van der Waals surface area contributed by atoms with Gasteiger partial charge in [0.05, 0.1) is 22.5 Å². The van der Waals surface area contributed by atoms with Gasteiger partial charge in [-0.1, -0.05) is 30.0 Å². The summed E-state index contributed by atoms with van der Waals surface area (Å²) >= 11 is 1.18. The first kappa shape index (κ1) is 15.1. The summed E-state index contributed by atoms with van der Waals surface area (Å²) in [5, 5.41) is 11.1. The maximum Gasteiger partial charge on any atom is 0.283 e. The molecule has 0 aliphatic rings. The lowest BCUT2D eigenvalue weighted by atomic mass is 10.1. The molecule has 6 heteroatoms. The van der Waals surface area contributed by atoms with E-state index >= 15 is 0 Å². The van der Waals surface area contributed by atoms with Gasteiger partial charge in [-0.3, -0.25) is 14.9 Å². The second kappa shape index (κ2) is 6.41. The molecule has 0 atom stereocenters. The normalized spacial score (nSPS) is 10.2. The molecule has 0 saturated heterocycles. The quantitative estimate of drug-likeness (QED) is 0.475. The summed E-state index contributed by atoms with van der Waals surface area (Å²) in [5.74, 6) is 0.319. The molecule has 5 nitrogen and oxygen atoms in total. The number of benzene rings is 2. The van der Waals surface area contributed by atoms with Crippen LogP contribution in [0, 0.1) is 10.1 Å². The molecule has 2 aromatic rings. The number of ketones is 1. The predicted molar refractivity (Wildman–Crippen MR) is 80.2 cm³/mol. The highest BCUT2D eigenvalue weighted by Crippen LogP contribution is 2.38. The highest BCUT2D eigenvalue weighted by atomic mass is 32.2. The van der Waals surface area contributed by atoms with Crippen molar-refractivity contribution in [3.63, 3.8) is 0 Å². The number of methoxy groups -OCH3 is 1. The highest BCUT2D eigenvalue weighted by Gasteiger charge is 2.18. The maximum absolute atomic E-state index is 11.8. The van der Waals surface area contributed by atoms with Gasteiger partial charge in [-0.2, -0.15) is 0 Å². The van der Waals surface area contributed by atoms with Gasteiger partial charge in [0, 0.05) is 11.0 Å². The van der Waals surface area contributed by atoms with Crippen LogP contribution < -0.4 is 4.74 Å². The number of rotatable bonds is 5. The van der Waals surface area contributed by atoms with Gasteiger partial charge in [0.25, 0.3) is 5.69 Å². The Morgan fingerprint density at radius 2 is 1.81 bits per heavy atom. The third-order valence-corrected chi connectivity index (χ3v) is 3.97. The molecule has 0 bridgehead atoms. The van der Waals surface area contributed by atoms with Crippen molar-refractivity contribution in [1.82, 2.24) is 0 Å². The van der Waals surface area contributed by atoms with Crippen LogP contribution in [0.4, 0.5) is 5.69 Å². The van der Waals surface area contributed by atoms with Crippen LogP contribution in [0.1, 0.15) is 17.3 Å². The monoisotopic (exact) mass is 303 g/mol. The summed E-state index contributed by atoms with van der Waals surface area (Å²) in [6, 6.07) is 11.6. The number of hydrogen-bond acceptors (Lipinski definition) is 5. The van der Waals surface area contributed by atoms with Gasteiger partial charge in [-0.25, -0.2) is 0 Å². The lowest BCUT2D eigenvalue weighted by Gasteiger charge is -2.11. The Morgan fingerprint density at radius 3 is 2.43 bits per heavy atom. The fourth-order valence-corrected chi connectivity index (χ4v) is 3.05. The van der Waals surface area contributed by atoms with Crippen molar-refractivity contribution in [2.45, 2.75) is 16.7 Å². The number of nitro groups is 1. The van der Waals surface area contributed by atoms with Gasteiger partial charge in [0.1, 0.15) is 5.75 Å². The van der Waals surface area contributed by atoms with Crippen LogP contribution >= 0.6 is 11.8 Å². The SMILES string of the molecule is COc1cccc(Sc2ccccc2[N+](=O)[O-])c1C(C)=O. The molecule has 2 rings (SSSR count). The van der Waals surface area contributed by atoms with Gasteiger partial charge < -0.3 is 4.74 Å². The Balaban J connectivity index is 2.50. The molecule has 0 aliphatic heterocycles. The molecular formula is C15H13NO4S. The molecule has 0 N–H and O–H groups in total. The zero-order valence-corrected chi connectivity index (χ0v) is 12.3.